The summed E-state index contributed by atoms with van der Waals surface area (Å²) in [5, 5.41) is 0. The van der Waals surface area contributed by atoms with Gasteiger partial charge in [0.05, 0.1) is 35.6 Å². The molecule has 0 unspecified atom stereocenters. The summed E-state index contributed by atoms with van der Waals surface area (Å²) in [6.07, 6.45) is 3.70. The Balaban J connectivity index is 1.33. The number of para-hydroxylation sites is 2. The zero-order valence-corrected chi connectivity index (χ0v) is 17.0. The number of carbonyl (C=O) groups is 1. The average Bonchev–Trinajstić information content (AvgIpc) is 3.07. The lowest BCUT2D eigenvalue weighted by Gasteiger charge is -2.44. The fourth-order valence-corrected chi connectivity index (χ4v) is 4.56. The number of benzene rings is 1. The number of carbonyl (C=O) groups excluding carboxylic acids is 1. The van der Waals surface area contributed by atoms with Gasteiger partial charge in [0.15, 0.2) is 0 Å². The molecular weight excluding hydrogens is 390 g/mol. The summed E-state index contributed by atoms with van der Waals surface area (Å²) in [4.78, 5) is 26.1. The van der Waals surface area contributed by atoms with Gasteiger partial charge < -0.3 is 9.88 Å². The molecule has 1 aromatic carbocycles. The van der Waals surface area contributed by atoms with Crippen molar-refractivity contribution < 1.29 is 13.2 Å². The van der Waals surface area contributed by atoms with Crippen molar-refractivity contribution >= 4 is 27.0 Å². The molecule has 0 bridgehead atoms. The number of fused-ring (bicyclic) bond motifs is 1. The molecule has 0 radical (unpaired) electrons. The molecule has 29 heavy (non-hydrogen) atoms. The van der Waals surface area contributed by atoms with Crippen LogP contribution in [0.2, 0.25) is 0 Å². The minimum absolute atomic E-state index is 0.00740. The lowest BCUT2D eigenvalue weighted by molar-refractivity contribution is -0.137. The topological polar surface area (TPSA) is 99.3 Å². The summed E-state index contributed by atoms with van der Waals surface area (Å²) in [6.45, 7) is 1.02. The molecule has 1 fully saturated rings. The molecular formula is C20H23N5O3S. The Hall–Kier alpha value is -2.78. The Morgan fingerprint density at radius 1 is 1.21 bits per heavy atom. The number of aromatic nitrogens is 3. The van der Waals surface area contributed by atoms with Crippen LogP contribution < -0.4 is 0 Å². The summed E-state index contributed by atoms with van der Waals surface area (Å²) in [5.41, 5.74) is 2.53. The van der Waals surface area contributed by atoms with E-state index in [0.29, 0.717) is 31.6 Å². The third-order valence-electron chi connectivity index (χ3n) is 5.11. The number of hydrogen-bond donors (Lipinski definition) is 1. The van der Waals surface area contributed by atoms with Crippen LogP contribution in [0, 0.1) is 0 Å². The maximum absolute atomic E-state index is 12.5. The normalized spacial score (nSPS) is 15.0. The van der Waals surface area contributed by atoms with Crippen molar-refractivity contribution in [1.29, 1.82) is 0 Å². The van der Waals surface area contributed by atoms with Crippen molar-refractivity contribution in [2.24, 2.45) is 0 Å². The highest BCUT2D eigenvalue weighted by atomic mass is 32.2. The lowest BCUT2D eigenvalue weighted by Crippen LogP contribution is -2.61. The molecule has 1 saturated heterocycles. The van der Waals surface area contributed by atoms with Crippen molar-refractivity contribution in [1.82, 2.24) is 24.2 Å². The summed E-state index contributed by atoms with van der Waals surface area (Å²) in [7, 11) is -3.40. The van der Waals surface area contributed by atoms with E-state index in [-0.39, 0.29) is 18.5 Å². The summed E-state index contributed by atoms with van der Waals surface area (Å²) in [5.74, 6) is 0.789. The number of likely N-dealkylation sites (tertiary alicyclic amines) is 1. The summed E-state index contributed by atoms with van der Waals surface area (Å²) < 4.78 is 25.9. The molecule has 4 rings (SSSR count). The second-order valence-electron chi connectivity index (χ2n) is 7.28. The van der Waals surface area contributed by atoms with Gasteiger partial charge in [0.2, 0.25) is 15.9 Å². The molecule has 9 heteroatoms. The molecule has 3 heterocycles. The van der Waals surface area contributed by atoms with Crippen LogP contribution in [0.15, 0.2) is 48.7 Å². The van der Waals surface area contributed by atoms with Crippen molar-refractivity contribution in [2.45, 2.75) is 25.4 Å². The zero-order chi connectivity index (χ0) is 20.4. The molecule has 0 aliphatic carbocycles. The molecule has 1 amide bonds. The van der Waals surface area contributed by atoms with Crippen molar-refractivity contribution in [3.05, 3.63) is 60.2 Å². The predicted molar refractivity (Wildman–Crippen MR) is 109 cm³/mol. The molecule has 3 aromatic rings. The van der Waals surface area contributed by atoms with E-state index < -0.39 is 10.0 Å². The largest absolute Gasteiger partial charge is 0.342 e. The van der Waals surface area contributed by atoms with Gasteiger partial charge in [-0.3, -0.25) is 9.78 Å². The first kappa shape index (κ1) is 19.5. The lowest BCUT2D eigenvalue weighted by atomic mass is 10.1. The number of nitrogens with zero attached hydrogens (tertiary/aromatic N) is 4. The van der Waals surface area contributed by atoms with Gasteiger partial charge in [-0.1, -0.05) is 18.2 Å². The van der Waals surface area contributed by atoms with Crippen LogP contribution in [-0.2, 0) is 27.8 Å². The van der Waals surface area contributed by atoms with Crippen LogP contribution in [0.5, 0.6) is 0 Å². The van der Waals surface area contributed by atoms with Crippen molar-refractivity contribution in [2.75, 3.05) is 19.3 Å². The van der Waals surface area contributed by atoms with E-state index in [0.717, 1.165) is 16.9 Å². The van der Waals surface area contributed by atoms with Gasteiger partial charge in [0, 0.05) is 32.1 Å². The standard InChI is InChI=1S/C20H23N5O3S/c1-29(27,28)25(12-15-6-4-5-11-21-15)16-13-24(14-16)20(26)10-9-19-22-17-7-2-3-8-18(17)23-19/h2-8,11,16H,9-10,12-14H2,1H3,(H,22,23). The van der Waals surface area contributed by atoms with Gasteiger partial charge in [-0.05, 0) is 24.3 Å². The molecule has 2 aromatic heterocycles. The van der Waals surface area contributed by atoms with E-state index in [4.69, 9.17) is 0 Å². The molecule has 152 valence electrons. The quantitative estimate of drug-likeness (QED) is 0.634. The molecule has 0 spiro atoms. The highest BCUT2D eigenvalue weighted by Gasteiger charge is 2.38. The van der Waals surface area contributed by atoms with E-state index in [1.54, 1.807) is 23.2 Å². The Morgan fingerprint density at radius 3 is 2.66 bits per heavy atom. The van der Waals surface area contributed by atoms with E-state index >= 15 is 0 Å². The highest BCUT2D eigenvalue weighted by molar-refractivity contribution is 7.88. The third kappa shape index (κ3) is 4.46. The number of imidazole rings is 1. The minimum atomic E-state index is -3.40. The first-order chi connectivity index (χ1) is 13.9. The van der Waals surface area contributed by atoms with Crippen LogP contribution in [0.1, 0.15) is 17.9 Å². The fraction of sp³-hybridized carbons (Fsp3) is 0.350. The molecule has 1 aliphatic heterocycles. The minimum Gasteiger partial charge on any atom is -0.342 e. The fourth-order valence-electron chi connectivity index (χ4n) is 3.52. The molecule has 1 aliphatic rings. The Kier molecular flexibility index (Phi) is 5.33. The van der Waals surface area contributed by atoms with Gasteiger partial charge in [-0.15, -0.1) is 0 Å². The first-order valence-electron chi connectivity index (χ1n) is 9.48. The number of rotatable bonds is 7. The molecule has 0 saturated carbocycles. The average molecular weight is 414 g/mol. The van der Waals surface area contributed by atoms with Gasteiger partial charge in [0.1, 0.15) is 5.82 Å². The Morgan fingerprint density at radius 2 is 1.97 bits per heavy atom. The summed E-state index contributed by atoms with van der Waals surface area (Å²) in [6, 6.07) is 12.9. The van der Waals surface area contributed by atoms with E-state index in [2.05, 4.69) is 15.0 Å². The van der Waals surface area contributed by atoms with Crippen LogP contribution in [-0.4, -0.2) is 63.9 Å². The molecule has 8 nitrogen and oxygen atoms in total. The van der Waals surface area contributed by atoms with E-state index in [9.17, 15) is 13.2 Å². The number of hydrogen-bond acceptors (Lipinski definition) is 5. The van der Waals surface area contributed by atoms with Crippen LogP contribution in [0.4, 0.5) is 0 Å². The van der Waals surface area contributed by atoms with Crippen LogP contribution in [0.25, 0.3) is 11.0 Å². The number of amides is 1. The Labute approximate surface area is 169 Å². The zero-order valence-electron chi connectivity index (χ0n) is 16.2. The van der Waals surface area contributed by atoms with Gasteiger partial charge in [-0.25, -0.2) is 13.4 Å². The maximum Gasteiger partial charge on any atom is 0.223 e. The second-order valence-corrected chi connectivity index (χ2v) is 9.22. The third-order valence-corrected chi connectivity index (χ3v) is 6.39. The second kappa shape index (κ2) is 7.92. The van der Waals surface area contributed by atoms with Crippen LogP contribution in [0.3, 0.4) is 0 Å². The molecule has 0 atom stereocenters. The number of nitrogens with one attached hydrogen (secondary N) is 1. The number of pyridine rings is 1. The van der Waals surface area contributed by atoms with Crippen molar-refractivity contribution in [3.63, 3.8) is 0 Å². The van der Waals surface area contributed by atoms with E-state index in [1.165, 1.54) is 10.6 Å². The molecule has 1 N–H and O–H groups in total. The predicted octanol–water partition coefficient (Wildman–Crippen LogP) is 1.56. The number of sulfonamides is 1. The van der Waals surface area contributed by atoms with E-state index in [1.807, 2.05) is 30.3 Å². The maximum atomic E-state index is 12.5. The number of aryl methyl sites for hydroxylation is 1. The highest BCUT2D eigenvalue weighted by Crippen LogP contribution is 2.21. The number of aromatic amines is 1. The van der Waals surface area contributed by atoms with Gasteiger partial charge >= 0.3 is 0 Å². The van der Waals surface area contributed by atoms with Gasteiger partial charge in [0.25, 0.3) is 0 Å². The SMILES string of the molecule is CS(=O)(=O)N(Cc1ccccn1)C1CN(C(=O)CCc2nc3ccccc3[nH]2)C1. The monoisotopic (exact) mass is 413 g/mol. The smallest absolute Gasteiger partial charge is 0.223 e. The van der Waals surface area contributed by atoms with Crippen molar-refractivity contribution in [3.8, 4) is 0 Å². The summed E-state index contributed by atoms with van der Waals surface area (Å²) >= 11 is 0. The Bertz CT molecular complexity index is 1070. The van der Waals surface area contributed by atoms with Gasteiger partial charge in [-0.2, -0.15) is 4.31 Å². The first-order valence-corrected chi connectivity index (χ1v) is 11.3. The number of H-pyrrole nitrogens is 1. The van der Waals surface area contributed by atoms with Crippen LogP contribution >= 0.6 is 0 Å².